The summed E-state index contributed by atoms with van der Waals surface area (Å²) in [5, 5.41) is 13.5. The van der Waals surface area contributed by atoms with Gasteiger partial charge in [-0.15, -0.1) is 0 Å². The highest BCUT2D eigenvalue weighted by molar-refractivity contribution is 5.80. The molecule has 1 aromatic rings. The van der Waals surface area contributed by atoms with Crippen LogP contribution in [0, 0.1) is 0 Å². The third-order valence-corrected chi connectivity index (χ3v) is 5.88. The standard InChI is InChI=1S/C22H35N5O2/c1-3-18(27-13-7-10-21(27)29)11-12-24-22(23-4-2)26-16-14-25(15-17-26)19-8-5-6-9-20(19)28/h5-6,8-9,18,28H,3-4,7,10-17H2,1-2H3,(H,23,24). The van der Waals surface area contributed by atoms with Crippen molar-refractivity contribution in [3.05, 3.63) is 24.3 Å². The van der Waals surface area contributed by atoms with E-state index < -0.39 is 0 Å². The van der Waals surface area contributed by atoms with Gasteiger partial charge in [-0.3, -0.25) is 9.79 Å². The largest absolute Gasteiger partial charge is 0.506 e. The molecule has 160 valence electrons. The summed E-state index contributed by atoms with van der Waals surface area (Å²) >= 11 is 0. The van der Waals surface area contributed by atoms with Gasteiger partial charge in [-0.1, -0.05) is 19.1 Å². The molecule has 29 heavy (non-hydrogen) atoms. The molecule has 1 unspecified atom stereocenters. The van der Waals surface area contributed by atoms with Crippen LogP contribution in [0.25, 0.3) is 0 Å². The number of rotatable bonds is 7. The lowest BCUT2D eigenvalue weighted by Gasteiger charge is -2.38. The molecule has 0 spiro atoms. The molecule has 0 saturated carbocycles. The van der Waals surface area contributed by atoms with Gasteiger partial charge < -0.3 is 25.1 Å². The van der Waals surface area contributed by atoms with Crippen molar-refractivity contribution in [2.24, 2.45) is 4.99 Å². The number of aliphatic imine (C=N–C) groups is 1. The first-order valence-corrected chi connectivity index (χ1v) is 11.0. The van der Waals surface area contributed by atoms with Crippen LogP contribution in [0.1, 0.15) is 39.5 Å². The molecule has 1 atom stereocenters. The molecular weight excluding hydrogens is 366 g/mol. The molecule has 2 fully saturated rings. The quantitative estimate of drug-likeness (QED) is 0.542. The molecule has 3 rings (SSSR count). The van der Waals surface area contributed by atoms with Crippen LogP contribution in [0.15, 0.2) is 29.3 Å². The Morgan fingerprint density at radius 3 is 2.55 bits per heavy atom. The highest BCUT2D eigenvalue weighted by Gasteiger charge is 2.26. The lowest BCUT2D eigenvalue weighted by molar-refractivity contribution is -0.129. The van der Waals surface area contributed by atoms with Crippen molar-refractivity contribution in [2.45, 2.75) is 45.6 Å². The van der Waals surface area contributed by atoms with E-state index in [4.69, 9.17) is 4.99 Å². The van der Waals surface area contributed by atoms with Crippen LogP contribution in [0.4, 0.5) is 5.69 Å². The lowest BCUT2D eigenvalue weighted by atomic mass is 10.1. The Morgan fingerprint density at radius 1 is 1.17 bits per heavy atom. The van der Waals surface area contributed by atoms with E-state index in [1.165, 1.54) is 0 Å². The first kappa shape index (κ1) is 21.3. The minimum atomic E-state index is 0.299. The summed E-state index contributed by atoms with van der Waals surface area (Å²) in [4.78, 5) is 23.5. The molecule has 0 aromatic heterocycles. The van der Waals surface area contributed by atoms with E-state index in [0.29, 0.717) is 24.1 Å². The smallest absolute Gasteiger partial charge is 0.222 e. The Bertz CT molecular complexity index is 700. The SMILES string of the molecule is CCNC(=NCCC(CC)N1CCCC1=O)N1CCN(c2ccccc2O)CC1. The van der Waals surface area contributed by atoms with E-state index in [2.05, 4.69) is 29.0 Å². The van der Waals surface area contributed by atoms with Crippen LogP contribution in [-0.4, -0.2) is 78.6 Å². The number of phenols is 1. The number of phenolic OH excluding ortho intramolecular Hbond substituents is 1. The predicted octanol–water partition coefficient (Wildman–Crippen LogP) is 2.27. The van der Waals surface area contributed by atoms with E-state index in [1.54, 1.807) is 6.07 Å². The van der Waals surface area contributed by atoms with Crippen LogP contribution >= 0.6 is 0 Å². The van der Waals surface area contributed by atoms with Crippen molar-refractivity contribution >= 4 is 17.6 Å². The molecular formula is C22H35N5O2. The number of nitrogens with zero attached hydrogens (tertiary/aromatic N) is 4. The number of hydrogen-bond donors (Lipinski definition) is 2. The van der Waals surface area contributed by atoms with Gasteiger partial charge in [0.05, 0.1) is 5.69 Å². The van der Waals surface area contributed by atoms with Crippen molar-refractivity contribution in [1.82, 2.24) is 15.1 Å². The van der Waals surface area contributed by atoms with Crippen molar-refractivity contribution in [3.8, 4) is 5.75 Å². The summed E-state index contributed by atoms with van der Waals surface area (Å²) in [6, 6.07) is 7.82. The van der Waals surface area contributed by atoms with Crippen LogP contribution < -0.4 is 10.2 Å². The summed E-state index contributed by atoms with van der Waals surface area (Å²) < 4.78 is 0. The number of anilines is 1. The zero-order valence-corrected chi connectivity index (χ0v) is 17.8. The highest BCUT2D eigenvalue weighted by Crippen LogP contribution is 2.27. The summed E-state index contributed by atoms with van der Waals surface area (Å²) in [6.45, 7) is 10.1. The molecule has 2 aliphatic heterocycles. The maximum absolute atomic E-state index is 12.0. The molecule has 1 aromatic carbocycles. The molecule has 1 amide bonds. The second kappa shape index (κ2) is 10.4. The number of piperazine rings is 1. The van der Waals surface area contributed by atoms with E-state index >= 15 is 0 Å². The van der Waals surface area contributed by atoms with Gasteiger partial charge in [0.2, 0.25) is 5.91 Å². The fourth-order valence-electron chi connectivity index (χ4n) is 4.27. The van der Waals surface area contributed by atoms with E-state index in [-0.39, 0.29) is 0 Å². The van der Waals surface area contributed by atoms with Gasteiger partial charge in [0.1, 0.15) is 5.75 Å². The van der Waals surface area contributed by atoms with Gasteiger partial charge in [-0.25, -0.2) is 0 Å². The second-order valence-corrected chi connectivity index (χ2v) is 7.74. The van der Waals surface area contributed by atoms with E-state index in [0.717, 1.165) is 76.7 Å². The van der Waals surface area contributed by atoms with Crippen molar-refractivity contribution in [1.29, 1.82) is 0 Å². The fourth-order valence-corrected chi connectivity index (χ4v) is 4.27. The predicted molar refractivity (Wildman–Crippen MR) is 118 cm³/mol. The highest BCUT2D eigenvalue weighted by atomic mass is 16.3. The number of amides is 1. The van der Waals surface area contributed by atoms with Crippen LogP contribution in [0.3, 0.4) is 0 Å². The van der Waals surface area contributed by atoms with Gasteiger partial charge >= 0.3 is 0 Å². The van der Waals surface area contributed by atoms with Gasteiger partial charge in [0.25, 0.3) is 0 Å². The van der Waals surface area contributed by atoms with Crippen LogP contribution in [0.5, 0.6) is 5.75 Å². The number of nitrogens with one attached hydrogen (secondary N) is 1. The number of para-hydroxylation sites is 2. The topological polar surface area (TPSA) is 71.4 Å². The molecule has 7 heteroatoms. The zero-order valence-electron chi connectivity index (χ0n) is 17.8. The zero-order chi connectivity index (χ0) is 20.6. The average molecular weight is 402 g/mol. The second-order valence-electron chi connectivity index (χ2n) is 7.74. The first-order valence-electron chi connectivity index (χ1n) is 11.0. The molecule has 0 aliphatic carbocycles. The molecule has 7 nitrogen and oxygen atoms in total. The molecule has 0 radical (unpaired) electrons. The van der Waals surface area contributed by atoms with Crippen LogP contribution in [-0.2, 0) is 4.79 Å². The number of hydrogen-bond acceptors (Lipinski definition) is 4. The lowest BCUT2D eigenvalue weighted by Crippen LogP contribution is -2.52. The summed E-state index contributed by atoms with van der Waals surface area (Å²) in [5.41, 5.74) is 0.898. The summed E-state index contributed by atoms with van der Waals surface area (Å²) in [5.74, 6) is 1.59. The Morgan fingerprint density at radius 2 is 1.93 bits per heavy atom. The molecule has 2 saturated heterocycles. The van der Waals surface area contributed by atoms with Crippen molar-refractivity contribution in [2.75, 3.05) is 50.7 Å². The maximum Gasteiger partial charge on any atom is 0.222 e. The maximum atomic E-state index is 12.0. The Balaban J connectivity index is 1.55. The molecule has 2 aliphatic rings. The van der Waals surface area contributed by atoms with Gasteiger partial charge in [-0.2, -0.15) is 0 Å². The average Bonchev–Trinajstić information content (AvgIpc) is 3.17. The number of guanidine groups is 1. The minimum Gasteiger partial charge on any atom is -0.506 e. The van der Waals surface area contributed by atoms with Gasteiger partial charge in [-0.05, 0) is 38.3 Å². The van der Waals surface area contributed by atoms with Crippen LogP contribution in [0.2, 0.25) is 0 Å². The molecule has 2 heterocycles. The van der Waals surface area contributed by atoms with E-state index in [1.807, 2.05) is 23.1 Å². The Labute approximate surface area is 174 Å². The van der Waals surface area contributed by atoms with Gasteiger partial charge in [0.15, 0.2) is 5.96 Å². The number of carbonyl (C=O) groups excluding carboxylic acids is 1. The monoisotopic (exact) mass is 401 g/mol. The summed E-state index contributed by atoms with van der Waals surface area (Å²) in [6.07, 6.45) is 3.58. The Hall–Kier alpha value is -2.44. The van der Waals surface area contributed by atoms with Crippen molar-refractivity contribution in [3.63, 3.8) is 0 Å². The van der Waals surface area contributed by atoms with E-state index in [9.17, 15) is 9.90 Å². The molecule has 2 N–H and O–H groups in total. The molecule has 0 bridgehead atoms. The first-order chi connectivity index (χ1) is 14.1. The number of aromatic hydroxyl groups is 1. The minimum absolute atomic E-state index is 0.299. The van der Waals surface area contributed by atoms with Gasteiger partial charge in [0, 0.05) is 58.3 Å². The number of likely N-dealkylation sites (tertiary alicyclic amines) is 1. The summed E-state index contributed by atoms with van der Waals surface area (Å²) in [7, 11) is 0. The van der Waals surface area contributed by atoms with Crippen molar-refractivity contribution < 1.29 is 9.90 Å². The number of benzene rings is 1. The fraction of sp³-hybridized carbons (Fsp3) is 0.636. The number of carbonyl (C=O) groups is 1. The Kier molecular flexibility index (Phi) is 7.61. The third kappa shape index (κ3) is 5.34. The normalized spacial score (nSPS) is 19.0. The third-order valence-electron chi connectivity index (χ3n) is 5.88.